The van der Waals surface area contributed by atoms with Gasteiger partial charge in [-0.25, -0.2) is 0 Å². The maximum absolute atomic E-state index is 5.55. The second-order valence-corrected chi connectivity index (χ2v) is 3.03. The molecule has 2 rings (SSSR count). The van der Waals surface area contributed by atoms with Crippen molar-refractivity contribution < 1.29 is 9.47 Å². The first-order chi connectivity index (χ1) is 6.40. The van der Waals surface area contributed by atoms with Gasteiger partial charge < -0.3 is 15.2 Å². The van der Waals surface area contributed by atoms with Crippen molar-refractivity contribution in [3.05, 3.63) is 35.9 Å². The summed E-state index contributed by atoms with van der Waals surface area (Å²) >= 11 is 0. The molecule has 1 saturated heterocycles. The Hall–Kier alpha value is -0.900. The van der Waals surface area contributed by atoms with Crippen LogP contribution in [0.25, 0.3) is 0 Å². The highest BCUT2D eigenvalue weighted by Gasteiger charge is 2.25. The van der Waals surface area contributed by atoms with E-state index in [1.165, 1.54) is 0 Å². The maximum atomic E-state index is 5.55. The second kappa shape index (κ2) is 3.87. The second-order valence-electron chi connectivity index (χ2n) is 3.03. The van der Waals surface area contributed by atoms with Crippen LogP contribution in [0.1, 0.15) is 11.7 Å². The van der Waals surface area contributed by atoms with Gasteiger partial charge in [0.25, 0.3) is 0 Å². The summed E-state index contributed by atoms with van der Waals surface area (Å²) in [6.07, 6.45) is -0.181. The van der Waals surface area contributed by atoms with Crippen molar-refractivity contribution in [2.24, 2.45) is 5.73 Å². The third-order valence-corrected chi connectivity index (χ3v) is 2.11. The topological polar surface area (TPSA) is 44.5 Å². The van der Waals surface area contributed by atoms with E-state index in [9.17, 15) is 0 Å². The largest absolute Gasteiger partial charge is 0.348 e. The van der Waals surface area contributed by atoms with Gasteiger partial charge in [-0.3, -0.25) is 0 Å². The molecular formula is C10H13NO2. The molecule has 0 radical (unpaired) electrons. The zero-order valence-electron chi connectivity index (χ0n) is 7.35. The molecule has 0 saturated carbocycles. The molecule has 13 heavy (non-hydrogen) atoms. The summed E-state index contributed by atoms with van der Waals surface area (Å²) in [6, 6.07) is 10.0. The molecule has 1 fully saturated rings. The predicted octanol–water partition coefficient (Wildman–Crippen LogP) is 1.06. The number of rotatable bonds is 2. The van der Waals surface area contributed by atoms with Crippen LogP contribution in [0.4, 0.5) is 0 Å². The van der Waals surface area contributed by atoms with Crippen LogP contribution in [0, 0.1) is 0 Å². The van der Waals surface area contributed by atoms with Gasteiger partial charge in [-0.05, 0) is 5.56 Å². The molecule has 3 nitrogen and oxygen atoms in total. The van der Waals surface area contributed by atoms with Gasteiger partial charge in [0.2, 0.25) is 0 Å². The molecule has 0 bridgehead atoms. The first-order valence-corrected chi connectivity index (χ1v) is 4.42. The Kier molecular flexibility index (Phi) is 2.59. The summed E-state index contributed by atoms with van der Waals surface area (Å²) in [7, 11) is 0. The summed E-state index contributed by atoms with van der Waals surface area (Å²) in [4.78, 5) is 0. The Morgan fingerprint density at radius 2 is 2.08 bits per heavy atom. The minimum atomic E-state index is -0.231. The third kappa shape index (κ3) is 1.88. The summed E-state index contributed by atoms with van der Waals surface area (Å²) in [5, 5.41) is 0. The molecule has 0 amide bonds. The monoisotopic (exact) mass is 179 g/mol. The average Bonchev–Trinajstić information content (AvgIpc) is 2.67. The Morgan fingerprint density at radius 1 is 1.31 bits per heavy atom. The van der Waals surface area contributed by atoms with Crippen LogP contribution in [0.15, 0.2) is 30.3 Å². The zero-order valence-corrected chi connectivity index (χ0v) is 7.35. The number of benzene rings is 1. The van der Waals surface area contributed by atoms with E-state index < -0.39 is 0 Å². The minimum absolute atomic E-state index is 0.0507. The van der Waals surface area contributed by atoms with Crippen molar-refractivity contribution in [3.8, 4) is 0 Å². The van der Waals surface area contributed by atoms with Crippen molar-refractivity contribution in [2.75, 3.05) is 13.2 Å². The van der Waals surface area contributed by atoms with Gasteiger partial charge in [-0.2, -0.15) is 0 Å². The number of hydrogen-bond acceptors (Lipinski definition) is 3. The Morgan fingerprint density at radius 3 is 2.69 bits per heavy atom. The van der Waals surface area contributed by atoms with Crippen LogP contribution in [0.3, 0.4) is 0 Å². The molecule has 0 aromatic heterocycles. The van der Waals surface area contributed by atoms with E-state index in [4.69, 9.17) is 15.2 Å². The smallest absolute Gasteiger partial charge is 0.170 e. The number of hydrogen-bond donors (Lipinski definition) is 1. The molecule has 0 aliphatic carbocycles. The highest BCUT2D eigenvalue weighted by atomic mass is 16.7. The summed E-state index contributed by atoms with van der Waals surface area (Å²) in [6.45, 7) is 1.02. The molecule has 0 spiro atoms. The molecule has 1 aliphatic heterocycles. The van der Waals surface area contributed by atoms with Crippen molar-refractivity contribution in [1.82, 2.24) is 0 Å². The maximum Gasteiger partial charge on any atom is 0.170 e. The van der Waals surface area contributed by atoms with E-state index in [0.29, 0.717) is 13.2 Å². The quantitative estimate of drug-likeness (QED) is 0.738. The third-order valence-electron chi connectivity index (χ3n) is 2.11. The Bertz CT molecular complexity index is 263. The van der Waals surface area contributed by atoms with Crippen LogP contribution in [0.2, 0.25) is 0 Å². The van der Waals surface area contributed by atoms with E-state index in [1.807, 2.05) is 30.3 Å². The Labute approximate surface area is 77.5 Å². The molecule has 1 aromatic rings. The van der Waals surface area contributed by atoms with Crippen LogP contribution in [0.5, 0.6) is 0 Å². The van der Waals surface area contributed by atoms with Gasteiger partial charge in [0.15, 0.2) is 6.29 Å². The summed E-state index contributed by atoms with van der Waals surface area (Å²) in [5.41, 5.74) is 6.58. The lowest BCUT2D eigenvalue weighted by molar-refractivity contribution is -0.0497. The van der Waals surface area contributed by atoms with E-state index >= 15 is 0 Å². The van der Waals surface area contributed by atoms with Gasteiger partial charge in [-0.1, -0.05) is 30.3 Å². The molecule has 1 aromatic carbocycles. The minimum Gasteiger partial charge on any atom is -0.348 e. The fourth-order valence-corrected chi connectivity index (χ4v) is 1.42. The molecule has 2 atom stereocenters. The highest BCUT2D eigenvalue weighted by molar-refractivity contribution is 5.18. The standard InChI is InChI=1S/C10H13NO2/c11-6-10-12-7-9(13-10)8-4-2-1-3-5-8/h1-5,9-10H,6-7,11H2. The first kappa shape index (κ1) is 8.69. The molecule has 70 valence electrons. The fraction of sp³-hybridized carbons (Fsp3) is 0.400. The lowest BCUT2D eigenvalue weighted by Gasteiger charge is -2.09. The predicted molar refractivity (Wildman–Crippen MR) is 49.1 cm³/mol. The van der Waals surface area contributed by atoms with Crippen LogP contribution in [-0.4, -0.2) is 19.4 Å². The average molecular weight is 179 g/mol. The van der Waals surface area contributed by atoms with Gasteiger partial charge in [0, 0.05) is 6.54 Å². The number of ether oxygens (including phenoxy) is 2. The van der Waals surface area contributed by atoms with Gasteiger partial charge >= 0.3 is 0 Å². The van der Waals surface area contributed by atoms with Crippen molar-refractivity contribution in [1.29, 1.82) is 0 Å². The van der Waals surface area contributed by atoms with Crippen molar-refractivity contribution >= 4 is 0 Å². The SMILES string of the molecule is NCC1OCC(c2ccccc2)O1. The summed E-state index contributed by atoms with van der Waals surface area (Å²) < 4.78 is 10.9. The lowest BCUT2D eigenvalue weighted by atomic mass is 10.1. The van der Waals surface area contributed by atoms with Crippen LogP contribution < -0.4 is 5.73 Å². The van der Waals surface area contributed by atoms with E-state index in [-0.39, 0.29) is 12.4 Å². The molecule has 3 heteroatoms. The summed E-state index contributed by atoms with van der Waals surface area (Å²) in [5.74, 6) is 0. The van der Waals surface area contributed by atoms with Gasteiger partial charge in [0.05, 0.1) is 6.61 Å². The van der Waals surface area contributed by atoms with E-state index in [0.717, 1.165) is 5.56 Å². The normalized spacial score (nSPS) is 27.8. The molecular weight excluding hydrogens is 166 g/mol. The molecule has 1 heterocycles. The van der Waals surface area contributed by atoms with Crippen LogP contribution in [-0.2, 0) is 9.47 Å². The van der Waals surface area contributed by atoms with Gasteiger partial charge in [-0.15, -0.1) is 0 Å². The molecule has 2 unspecified atom stereocenters. The lowest BCUT2D eigenvalue weighted by Crippen LogP contribution is -2.20. The first-order valence-electron chi connectivity index (χ1n) is 4.42. The van der Waals surface area contributed by atoms with Crippen molar-refractivity contribution in [2.45, 2.75) is 12.4 Å². The zero-order chi connectivity index (χ0) is 9.10. The Balaban J connectivity index is 2.04. The highest BCUT2D eigenvalue weighted by Crippen LogP contribution is 2.25. The van der Waals surface area contributed by atoms with E-state index in [1.54, 1.807) is 0 Å². The fourth-order valence-electron chi connectivity index (χ4n) is 1.42. The molecule has 1 aliphatic rings. The van der Waals surface area contributed by atoms with Gasteiger partial charge in [0.1, 0.15) is 6.10 Å². The molecule has 2 N–H and O–H groups in total. The van der Waals surface area contributed by atoms with Crippen molar-refractivity contribution in [3.63, 3.8) is 0 Å². The van der Waals surface area contributed by atoms with Crippen LogP contribution >= 0.6 is 0 Å². The number of nitrogens with two attached hydrogens (primary N) is 1. The van der Waals surface area contributed by atoms with E-state index in [2.05, 4.69) is 0 Å².